The van der Waals surface area contributed by atoms with Crippen LogP contribution in [0.1, 0.15) is 17.2 Å². The van der Waals surface area contributed by atoms with Crippen molar-refractivity contribution >= 4 is 11.8 Å². The molecule has 0 aliphatic carbocycles. The first-order valence-electron chi connectivity index (χ1n) is 5.80. The summed E-state index contributed by atoms with van der Waals surface area (Å²) in [7, 11) is 1.86. The molecule has 4 nitrogen and oxygen atoms in total. The van der Waals surface area contributed by atoms with Crippen LogP contribution >= 0.6 is 11.8 Å². The summed E-state index contributed by atoms with van der Waals surface area (Å²) < 4.78 is 31.2. The zero-order valence-corrected chi connectivity index (χ0v) is 11.3. The molecule has 0 aliphatic rings. The lowest BCUT2D eigenvalue weighted by Crippen LogP contribution is -2.12. The smallest absolute Gasteiger partial charge is 0.284 e. The first-order chi connectivity index (χ1) is 9.13. The van der Waals surface area contributed by atoms with Crippen LogP contribution in [0.25, 0.3) is 0 Å². The molecule has 0 aromatic carbocycles. The van der Waals surface area contributed by atoms with Crippen LogP contribution in [0, 0.1) is 0 Å². The summed E-state index contributed by atoms with van der Waals surface area (Å²) in [6.45, 7) is 1.19. The molecular weight excluding hydrogens is 272 g/mol. The van der Waals surface area contributed by atoms with Gasteiger partial charge in [0.1, 0.15) is 11.5 Å². The third kappa shape index (κ3) is 4.68. The highest BCUT2D eigenvalue weighted by atomic mass is 32.2. The number of halogens is 2. The Balaban J connectivity index is 1.74. The molecule has 2 aromatic heterocycles. The molecule has 0 saturated carbocycles. The predicted molar refractivity (Wildman–Crippen MR) is 69.8 cm³/mol. The standard InChI is InChI=1S/C12H15F2N3OS/c1-17-5-4-9(16-17)6-15-7-10-2-3-11(18-10)8-19-12(13)14/h2-5,12,15H,6-8H2,1H3. The molecular formula is C12H15F2N3OS. The van der Waals surface area contributed by atoms with Crippen molar-refractivity contribution in [2.45, 2.75) is 24.6 Å². The van der Waals surface area contributed by atoms with Crippen molar-refractivity contribution in [3.8, 4) is 0 Å². The van der Waals surface area contributed by atoms with E-state index in [9.17, 15) is 8.78 Å². The Morgan fingerprint density at radius 3 is 2.79 bits per heavy atom. The maximum atomic E-state index is 12.0. The summed E-state index contributed by atoms with van der Waals surface area (Å²) in [6.07, 6.45) is 1.88. The van der Waals surface area contributed by atoms with Crippen molar-refractivity contribution in [2.75, 3.05) is 0 Å². The van der Waals surface area contributed by atoms with Gasteiger partial charge in [-0.2, -0.15) is 13.9 Å². The van der Waals surface area contributed by atoms with Gasteiger partial charge in [-0.1, -0.05) is 11.8 Å². The fourth-order valence-corrected chi connectivity index (χ4v) is 2.06. The van der Waals surface area contributed by atoms with Crippen molar-refractivity contribution < 1.29 is 13.2 Å². The van der Waals surface area contributed by atoms with Crippen LogP contribution in [0.5, 0.6) is 0 Å². The van der Waals surface area contributed by atoms with Gasteiger partial charge in [-0.05, 0) is 18.2 Å². The Morgan fingerprint density at radius 2 is 2.11 bits per heavy atom. The van der Waals surface area contributed by atoms with Gasteiger partial charge >= 0.3 is 0 Å². The minimum absolute atomic E-state index is 0.192. The van der Waals surface area contributed by atoms with Gasteiger partial charge < -0.3 is 9.73 Å². The van der Waals surface area contributed by atoms with Gasteiger partial charge in [0, 0.05) is 19.8 Å². The van der Waals surface area contributed by atoms with E-state index in [4.69, 9.17) is 4.42 Å². The number of hydrogen-bond acceptors (Lipinski definition) is 4. The molecule has 104 valence electrons. The number of rotatable bonds is 7. The molecule has 0 aliphatic heterocycles. The maximum Gasteiger partial charge on any atom is 0.284 e. The molecule has 0 saturated heterocycles. The van der Waals surface area contributed by atoms with Gasteiger partial charge in [-0.3, -0.25) is 4.68 Å². The van der Waals surface area contributed by atoms with Crippen LogP contribution in [-0.4, -0.2) is 15.5 Å². The summed E-state index contributed by atoms with van der Waals surface area (Å²) in [6, 6.07) is 5.46. The number of thioether (sulfide) groups is 1. The second kappa shape index (κ2) is 6.72. The molecule has 1 N–H and O–H groups in total. The van der Waals surface area contributed by atoms with Crippen LogP contribution in [0.15, 0.2) is 28.8 Å². The van der Waals surface area contributed by atoms with E-state index in [-0.39, 0.29) is 5.75 Å². The second-order valence-corrected chi connectivity index (χ2v) is 5.00. The molecule has 2 rings (SSSR count). The molecule has 0 radical (unpaired) electrons. The molecule has 7 heteroatoms. The Hall–Kier alpha value is -1.34. The topological polar surface area (TPSA) is 43.0 Å². The number of nitrogens with one attached hydrogen (secondary N) is 1. The van der Waals surface area contributed by atoms with Crippen molar-refractivity contribution in [1.29, 1.82) is 0 Å². The zero-order chi connectivity index (χ0) is 13.7. The number of hydrogen-bond donors (Lipinski definition) is 1. The first kappa shape index (κ1) is 14.1. The molecule has 0 fully saturated rings. The van der Waals surface area contributed by atoms with E-state index in [0.717, 1.165) is 11.5 Å². The third-order valence-corrected chi connectivity index (χ3v) is 3.15. The number of aryl methyl sites for hydroxylation is 1. The third-order valence-electron chi connectivity index (χ3n) is 2.44. The fraction of sp³-hybridized carbons (Fsp3) is 0.417. The van der Waals surface area contributed by atoms with Gasteiger partial charge in [0.15, 0.2) is 0 Å². The van der Waals surface area contributed by atoms with Gasteiger partial charge in [-0.25, -0.2) is 0 Å². The van der Waals surface area contributed by atoms with Crippen molar-refractivity contribution in [3.63, 3.8) is 0 Å². The number of furan rings is 1. The summed E-state index contributed by atoms with van der Waals surface area (Å²) in [5.74, 6) is -0.866. The Morgan fingerprint density at radius 1 is 1.32 bits per heavy atom. The Bertz CT molecular complexity index is 513. The van der Waals surface area contributed by atoms with Crippen LogP contribution in [0.2, 0.25) is 0 Å². The van der Waals surface area contributed by atoms with Gasteiger partial charge in [0.25, 0.3) is 5.76 Å². The van der Waals surface area contributed by atoms with Crippen molar-refractivity contribution in [3.05, 3.63) is 41.6 Å². The SMILES string of the molecule is Cn1ccc(CNCc2ccc(CSC(F)F)o2)n1. The molecule has 19 heavy (non-hydrogen) atoms. The van der Waals surface area contributed by atoms with E-state index in [1.165, 1.54) is 0 Å². The minimum atomic E-state index is -2.36. The Labute approximate surface area is 114 Å². The van der Waals surface area contributed by atoms with Crippen LogP contribution < -0.4 is 5.32 Å². The summed E-state index contributed by atoms with van der Waals surface area (Å²) in [5, 5.41) is 7.42. The summed E-state index contributed by atoms with van der Waals surface area (Å²) in [5.41, 5.74) is 0.947. The zero-order valence-electron chi connectivity index (χ0n) is 10.5. The lowest BCUT2D eigenvalue weighted by molar-refractivity contribution is 0.251. The molecule has 0 unspecified atom stereocenters. The summed E-state index contributed by atoms with van der Waals surface area (Å²) in [4.78, 5) is 0. The second-order valence-electron chi connectivity index (χ2n) is 4.02. The highest BCUT2D eigenvalue weighted by Gasteiger charge is 2.07. The monoisotopic (exact) mass is 287 g/mol. The molecule has 0 spiro atoms. The van der Waals surface area contributed by atoms with Crippen molar-refractivity contribution in [1.82, 2.24) is 15.1 Å². The van der Waals surface area contributed by atoms with Gasteiger partial charge in [0.2, 0.25) is 0 Å². The van der Waals surface area contributed by atoms with Crippen LogP contribution in [-0.2, 0) is 25.9 Å². The predicted octanol–water partition coefficient (Wildman–Crippen LogP) is 2.76. The highest BCUT2D eigenvalue weighted by molar-refractivity contribution is 7.98. The summed E-state index contributed by atoms with van der Waals surface area (Å²) >= 11 is 0.561. The van der Waals surface area contributed by atoms with E-state index in [2.05, 4.69) is 10.4 Å². The number of aromatic nitrogens is 2. The maximum absolute atomic E-state index is 12.0. The quantitative estimate of drug-likeness (QED) is 0.850. The molecule has 2 aromatic rings. The lowest BCUT2D eigenvalue weighted by atomic mass is 10.4. The molecule has 2 heterocycles. The highest BCUT2D eigenvalue weighted by Crippen LogP contribution is 2.21. The van der Waals surface area contributed by atoms with E-state index >= 15 is 0 Å². The minimum Gasteiger partial charge on any atom is -0.464 e. The van der Waals surface area contributed by atoms with Gasteiger partial charge in [-0.15, -0.1) is 0 Å². The Kier molecular flexibility index (Phi) is 4.98. The molecule has 0 amide bonds. The fourth-order valence-electron chi connectivity index (χ4n) is 1.61. The molecule has 0 atom stereocenters. The lowest BCUT2D eigenvalue weighted by Gasteiger charge is -2.00. The molecule has 0 bridgehead atoms. The van der Waals surface area contributed by atoms with E-state index in [1.807, 2.05) is 19.3 Å². The average Bonchev–Trinajstić information content (AvgIpc) is 2.96. The van der Waals surface area contributed by atoms with Crippen LogP contribution in [0.4, 0.5) is 8.78 Å². The van der Waals surface area contributed by atoms with E-state index in [0.29, 0.717) is 30.6 Å². The van der Waals surface area contributed by atoms with E-state index < -0.39 is 5.76 Å². The normalized spacial score (nSPS) is 11.4. The number of nitrogens with zero attached hydrogens (tertiary/aromatic N) is 2. The van der Waals surface area contributed by atoms with Crippen LogP contribution in [0.3, 0.4) is 0 Å². The van der Waals surface area contributed by atoms with Crippen molar-refractivity contribution in [2.24, 2.45) is 7.05 Å². The van der Waals surface area contributed by atoms with Gasteiger partial charge in [0.05, 0.1) is 18.0 Å². The average molecular weight is 287 g/mol. The largest absolute Gasteiger partial charge is 0.464 e. The first-order valence-corrected chi connectivity index (χ1v) is 6.85. The number of alkyl halides is 2. The van der Waals surface area contributed by atoms with E-state index in [1.54, 1.807) is 16.8 Å².